The lowest BCUT2D eigenvalue weighted by atomic mass is 10.0. The summed E-state index contributed by atoms with van der Waals surface area (Å²) in [6.45, 7) is 6.76. The summed E-state index contributed by atoms with van der Waals surface area (Å²) in [6.07, 6.45) is 3.05. The van der Waals surface area contributed by atoms with Crippen LogP contribution in [0.15, 0.2) is 36.4 Å². The van der Waals surface area contributed by atoms with Crippen molar-refractivity contribution >= 4 is 11.6 Å². The molecule has 2 heterocycles. The van der Waals surface area contributed by atoms with E-state index in [9.17, 15) is 4.79 Å². The highest BCUT2D eigenvalue weighted by Gasteiger charge is 2.28. The molecule has 2 aliphatic heterocycles. The molecule has 148 valence electrons. The summed E-state index contributed by atoms with van der Waals surface area (Å²) in [6, 6.07) is 12.6. The number of aryl methyl sites for hydroxylation is 2. The average molecular weight is 380 g/mol. The van der Waals surface area contributed by atoms with Crippen LogP contribution in [0.1, 0.15) is 42.0 Å². The maximum absolute atomic E-state index is 12.7. The zero-order valence-electron chi connectivity index (χ0n) is 16.7. The molecule has 0 aliphatic carbocycles. The second-order valence-corrected chi connectivity index (χ2v) is 7.75. The van der Waals surface area contributed by atoms with E-state index in [4.69, 9.17) is 9.47 Å². The summed E-state index contributed by atoms with van der Waals surface area (Å²) in [5, 5.41) is 3.08. The van der Waals surface area contributed by atoms with E-state index in [1.165, 1.54) is 5.56 Å². The molecule has 0 saturated carbocycles. The lowest BCUT2D eigenvalue weighted by molar-refractivity contribution is -0.117. The molecule has 5 heteroatoms. The van der Waals surface area contributed by atoms with E-state index >= 15 is 0 Å². The minimum absolute atomic E-state index is 0.0370. The molecule has 2 aromatic rings. The highest BCUT2D eigenvalue weighted by Crippen LogP contribution is 2.37. The monoisotopic (exact) mass is 380 g/mol. The van der Waals surface area contributed by atoms with E-state index in [1.54, 1.807) is 0 Å². The lowest BCUT2D eigenvalue weighted by Crippen LogP contribution is -2.33. The number of benzene rings is 2. The van der Waals surface area contributed by atoms with Gasteiger partial charge in [0.05, 0.1) is 19.8 Å². The van der Waals surface area contributed by atoms with Crippen molar-refractivity contribution in [2.75, 3.05) is 31.6 Å². The van der Waals surface area contributed by atoms with Gasteiger partial charge in [-0.2, -0.15) is 0 Å². The van der Waals surface area contributed by atoms with E-state index in [0.29, 0.717) is 19.8 Å². The first-order valence-corrected chi connectivity index (χ1v) is 10.1. The van der Waals surface area contributed by atoms with E-state index < -0.39 is 0 Å². The number of ether oxygens (including phenoxy) is 2. The Bertz CT molecular complexity index is 865. The Balaban J connectivity index is 1.45. The molecule has 2 aromatic carbocycles. The van der Waals surface area contributed by atoms with Crippen molar-refractivity contribution in [3.8, 4) is 11.5 Å². The molecular weight excluding hydrogens is 352 g/mol. The molecule has 1 N–H and O–H groups in total. The van der Waals surface area contributed by atoms with Crippen LogP contribution in [0.4, 0.5) is 5.69 Å². The third kappa shape index (κ3) is 4.14. The molecule has 1 amide bonds. The molecule has 1 saturated heterocycles. The molecule has 5 nitrogen and oxygen atoms in total. The van der Waals surface area contributed by atoms with E-state index in [1.807, 2.05) is 32.0 Å². The Morgan fingerprint density at radius 2 is 1.89 bits per heavy atom. The Hall–Kier alpha value is -2.53. The smallest absolute Gasteiger partial charge is 0.238 e. The summed E-state index contributed by atoms with van der Waals surface area (Å²) < 4.78 is 11.6. The fraction of sp³-hybridized carbons (Fsp3) is 0.435. The second kappa shape index (κ2) is 8.23. The van der Waals surface area contributed by atoms with Gasteiger partial charge in [-0.25, -0.2) is 0 Å². The first kappa shape index (κ1) is 18.8. The minimum atomic E-state index is 0.0370. The van der Waals surface area contributed by atoms with Gasteiger partial charge in [0.1, 0.15) is 0 Å². The van der Waals surface area contributed by atoms with E-state index in [0.717, 1.165) is 54.1 Å². The fourth-order valence-corrected chi connectivity index (χ4v) is 4.02. The third-order valence-electron chi connectivity index (χ3n) is 5.53. The van der Waals surface area contributed by atoms with Crippen molar-refractivity contribution in [2.24, 2.45) is 0 Å². The van der Waals surface area contributed by atoms with Crippen LogP contribution >= 0.6 is 0 Å². The van der Waals surface area contributed by atoms with Gasteiger partial charge in [0.25, 0.3) is 0 Å². The van der Waals surface area contributed by atoms with Gasteiger partial charge in [-0.05, 0) is 68.1 Å². The average Bonchev–Trinajstić information content (AvgIpc) is 3.00. The van der Waals surface area contributed by atoms with Crippen LogP contribution in [0, 0.1) is 13.8 Å². The Labute approximate surface area is 166 Å². The Morgan fingerprint density at radius 3 is 2.75 bits per heavy atom. The molecule has 0 bridgehead atoms. The van der Waals surface area contributed by atoms with Crippen molar-refractivity contribution in [3.05, 3.63) is 53.1 Å². The molecule has 28 heavy (non-hydrogen) atoms. The lowest BCUT2D eigenvalue weighted by Gasteiger charge is -2.25. The largest absolute Gasteiger partial charge is 0.490 e. The normalized spacial score (nSPS) is 19.3. The number of rotatable bonds is 4. The number of nitrogens with one attached hydrogen (secondary N) is 1. The Morgan fingerprint density at radius 1 is 1.07 bits per heavy atom. The molecule has 0 spiro atoms. The van der Waals surface area contributed by atoms with Gasteiger partial charge < -0.3 is 14.8 Å². The van der Waals surface area contributed by atoms with Crippen LogP contribution < -0.4 is 14.8 Å². The van der Waals surface area contributed by atoms with Crippen LogP contribution in [0.3, 0.4) is 0 Å². The molecule has 0 unspecified atom stereocenters. The quantitative estimate of drug-likeness (QED) is 0.862. The summed E-state index contributed by atoms with van der Waals surface area (Å²) in [4.78, 5) is 15.0. The molecule has 1 fully saturated rings. The van der Waals surface area contributed by atoms with Crippen LogP contribution in [-0.4, -0.2) is 37.1 Å². The number of fused-ring (bicyclic) bond motifs is 1. The van der Waals surface area contributed by atoms with Gasteiger partial charge in [0, 0.05) is 18.2 Å². The van der Waals surface area contributed by atoms with Crippen LogP contribution in [0.2, 0.25) is 0 Å². The minimum Gasteiger partial charge on any atom is -0.490 e. The molecule has 2 aliphatic rings. The molecule has 1 atom stereocenters. The van der Waals surface area contributed by atoms with Crippen LogP contribution in [0.25, 0.3) is 0 Å². The second-order valence-electron chi connectivity index (χ2n) is 7.75. The van der Waals surface area contributed by atoms with Gasteiger partial charge in [0.15, 0.2) is 11.5 Å². The van der Waals surface area contributed by atoms with Crippen molar-refractivity contribution in [1.82, 2.24) is 4.90 Å². The maximum Gasteiger partial charge on any atom is 0.238 e. The maximum atomic E-state index is 12.7. The number of hydrogen-bond donors (Lipinski definition) is 1. The number of anilines is 1. The first-order valence-electron chi connectivity index (χ1n) is 10.1. The van der Waals surface area contributed by atoms with Crippen molar-refractivity contribution in [2.45, 2.75) is 39.2 Å². The topological polar surface area (TPSA) is 50.8 Å². The Kier molecular flexibility index (Phi) is 5.53. The number of hydrogen-bond acceptors (Lipinski definition) is 4. The summed E-state index contributed by atoms with van der Waals surface area (Å²) in [5.41, 5.74) is 4.32. The van der Waals surface area contributed by atoms with Crippen molar-refractivity contribution < 1.29 is 14.3 Å². The SMILES string of the molecule is Cc1ccc(C)c(NC(=O)CN2CCC[C@H]2c2ccc3c(c2)OCCCO3)c1. The predicted molar refractivity (Wildman–Crippen MR) is 110 cm³/mol. The number of likely N-dealkylation sites (tertiary alicyclic amines) is 1. The summed E-state index contributed by atoms with van der Waals surface area (Å²) in [7, 11) is 0. The molecule has 0 radical (unpaired) electrons. The van der Waals surface area contributed by atoms with Crippen LogP contribution in [-0.2, 0) is 4.79 Å². The highest BCUT2D eigenvalue weighted by molar-refractivity contribution is 5.93. The van der Waals surface area contributed by atoms with E-state index in [2.05, 4.69) is 28.4 Å². The van der Waals surface area contributed by atoms with Gasteiger partial charge >= 0.3 is 0 Å². The van der Waals surface area contributed by atoms with Gasteiger partial charge in [-0.15, -0.1) is 0 Å². The van der Waals surface area contributed by atoms with Gasteiger partial charge in [-0.3, -0.25) is 9.69 Å². The van der Waals surface area contributed by atoms with E-state index in [-0.39, 0.29) is 11.9 Å². The summed E-state index contributed by atoms with van der Waals surface area (Å²) in [5.74, 6) is 1.68. The zero-order valence-corrected chi connectivity index (χ0v) is 16.7. The van der Waals surface area contributed by atoms with Crippen molar-refractivity contribution in [1.29, 1.82) is 0 Å². The van der Waals surface area contributed by atoms with Crippen molar-refractivity contribution in [3.63, 3.8) is 0 Å². The van der Waals surface area contributed by atoms with Crippen LogP contribution in [0.5, 0.6) is 11.5 Å². The van der Waals surface area contributed by atoms with Gasteiger partial charge in [0.2, 0.25) is 5.91 Å². The number of carbonyl (C=O) groups excluding carboxylic acids is 1. The third-order valence-corrected chi connectivity index (χ3v) is 5.53. The predicted octanol–water partition coefficient (Wildman–Crippen LogP) is 4.24. The summed E-state index contributed by atoms with van der Waals surface area (Å²) >= 11 is 0. The zero-order chi connectivity index (χ0) is 19.5. The molecule has 4 rings (SSSR count). The number of amides is 1. The number of carbonyl (C=O) groups is 1. The molecule has 0 aromatic heterocycles. The highest BCUT2D eigenvalue weighted by atomic mass is 16.5. The molecular formula is C23H28N2O3. The number of nitrogens with zero attached hydrogens (tertiary/aromatic N) is 1. The first-order chi connectivity index (χ1) is 13.6. The standard InChI is InChI=1S/C23H28N2O3/c1-16-6-7-17(2)19(13-16)24-23(26)15-25-10-3-5-20(25)18-8-9-21-22(14-18)28-12-4-11-27-21/h6-9,13-14,20H,3-5,10-12,15H2,1-2H3,(H,24,26)/t20-/m0/s1. The van der Waals surface area contributed by atoms with Gasteiger partial charge in [-0.1, -0.05) is 18.2 Å². The fourth-order valence-electron chi connectivity index (χ4n) is 4.02.